The lowest BCUT2D eigenvalue weighted by Gasteiger charge is -2.22. The van der Waals surface area contributed by atoms with Crippen molar-refractivity contribution < 1.29 is 14.4 Å². The molecule has 1 aliphatic heterocycles. The van der Waals surface area contributed by atoms with Crippen molar-refractivity contribution >= 4 is 28.5 Å². The van der Waals surface area contributed by atoms with E-state index in [1.807, 2.05) is 36.4 Å². The number of fused-ring (bicyclic) bond motifs is 3. The fourth-order valence-corrected chi connectivity index (χ4v) is 6.37. The second-order valence-electron chi connectivity index (χ2n) is 9.84. The number of aromatic nitrogens is 3. The molecule has 2 aromatic heterocycles. The molecule has 1 fully saturated rings. The minimum Gasteiger partial charge on any atom is -0.481 e. The molecule has 182 valence electrons. The van der Waals surface area contributed by atoms with Gasteiger partial charge in [0.2, 0.25) is 5.82 Å². The van der Waals surface area contributed by atoms with Crippen LogP contribution in [-0.4, -0.2) is 25.8 Å². The molecule has 0 saturated heterocycles. The Labute approximate surface area is 213 Å². The molecule has 0 radical (unpaired) electrons. The van der Waals surface area contributed by atoms with E-state index in [1.165, 1.54) is 19.3 Å². The van der Waals surface area contributed by atoms with Gasteiger partial charge in [-0.15, -0.1) is 0 Å². The highest BCUT2D eigenvalue weighted by atomic mass is 35.5. The van der Waals surface area contributed by atoms with Crippen LogP contribution in [0.1, 0.15) is 73.6 Å². The Hall–Kier alpha value is -3.63. The largest absolute Gasteiger partial charge is 0.481 e. The summed E-state index contributed by atoms with van der Waals surface area (Å²) in [4.78, 5) is 15.9. The van der Waals surface area contributed by atoms with Crippen LogP contribution >= 0.6 is 11.6 Å². The van der Waals surface area contributed by atoms with Crippen LogP contribution in [-0.2, 0) is 11.3 Å². The molecule has 3 heterocycles. The predicted octanol–water partition coefficient (Wildman–Crippen LogP) is 6.89. The van der Waals surface area contributed by atoms with Crippen LogP contribution in [0.4, 0.5) is 0 Å². The van der Waals surface area contributed by atoms with Crippen molar-refractivity contribution in [1.82, 2.24) is 14.7 Å². The number of carboxylic acids is 1. The number of aryl methyl sites for hydroxylation is 1. The lowest BCUT2D eigenvalue weighted by atomic mass is 9.82. The highest BCUT2D eigenvalue weighted by molar-refractivity contribution is 6.36. The molecule has 0 bridgehead atoms. The quantitative estimate of drug-likeness (QED) is 0.319. The highest BCUT2D eigenvalue weighted by Gasteiger charge is 2.30. The number of benzene rings is 2. The van der Waals surface area contributed by atoms with Crippen molar-refractivity contribution in [3.8, 4) is 28.9 Å². The van der Waals surface area contributed by atoms with Crippen molar-refractivity contribution in [1.29, 1.82) is 5.26 Å². The molecule has 0 amide bonds. The number of rotatable bonds is 5. The topological polar surface area (TPSA) is 105 Å². The maximum absolute atomic E-state index is 11.3. The third-order valence-electron chi connectivity index (χ3n) is 7.70. The number of nitriles is 1. The lowest BCUT2D eigenvalue weighted by Crippen LogP contribution is -2.06. The van der Waals surface area contributed by atoms with Gasteiger partial charge in [0.1, 0.15) is 0 Å². The van der Waals surface area contributed by atoms with Crippen LogP contribution in [0.2, 0.25) is 5.02 Å². The Morgan fingerprint density at radius 1 is 1.14 bits per heavy atom. The summed E-state index contributed by atoms with van der Waals surface area (Å²) >= 11 is 6.74. The average molecular weight is 501 g/mol. The standard InChI is InChI=1S/C28H25ClN4O3/c29-25-22-13-18(7-9-23(22)33-11-10-17(26(25)33)14-24(34)35)27-31-28(36-32-27)19-6-8-21(20(12-19)15-30)16-4-2-1-3-5-16/h6-9,12-13,16-17H,1-5,10-11,14H2,(H,34,35). The molecule has 1 aliphatic carbocycles. The van der Waals surface area contributed by atoms with Gasteiger partial charge in [0.25, 0.3) is 5.89 Å². The van der Waals surface area contributed by atoms with Gasteiger partial charge >= 0.3 is 5.97 Å². The summed E-state index contributed by atoms with van der Waals surface area (Å²) < 4.78 is 7.70. The normalized spacial score (nSPS) is 17.8. The zero-order valence-corrected chi connectivity index (χ0v) is 20.5. The van der Waals surface area contributed by atoms with E-state index in [4.69, 9.17) is 16.1 Å². The van der Waals surface area contributed by atoms with Gasteiger partial charge in [-0.05, 0) is 61.1 Å². The molecule has 1 N–H and O–H groups in total. The van der Waals surface area contributed by atoms with Crippen LogP contribution in [0, 0.1) is 11.3 Å². The van der Waals surface area contributed by atoms with Gasteiger partial charge in [0.05, 0.1) is 23.1 Å². The number of carboxylic acid groups (broad SMARTS) is 1. The Kier molecular flexibility index (Phi) is 5.77. The van der Waals surface area contributed by atoms with Crippen LogP contribution in [0.3, 0.4) is 0 Å². The zero-order chi connectivity index (χ0) is 24.8. The summed E-state index contributed by atoms with van der Waals surface area (Å²) in [5, 5.41) is 24.7. The second-order valence-corrected chi connectivity index (χ2v) is 10.2. The molecular weight excluding hydrogens is 476 g/mol. The fourth-order valence-electron chi connectivity index (χ4n) is 5.96. The molecule has 1 unspecified atom stereocenters. The number of aliphatic carboxylic acids is 1. The van der Waals surface area contributed by atoms with Crippen molar-refractivity contribution in [2.45, 2.75) is 63.3 Å². The van der Waals surface area contributed by atoms with E-state index in [0.29, 0.717) is 28.2 Å². The number of hydrogen-bond donors (Lipinski definition) is 1. The molecule has 6 rings (SSSR count). The highest BCUT2D eigenvalue weighted by Crippen LogP contribution is 2.43. The zero-order valence-electron chi connectivity index (χ0n) is 19.7. The smallest absolute Gasteiger partial charge is 0.304 e. The van der Waals surface area contributed by atoms with Crippen LogP contribution in [0.25, 0.3) is 33.7 Å². The first-order chi connectivity index (χ1) is 17.5. The molecule has 8 heteroatoms. The number of hydrogen-bond acceptors (Lipinski definition) is 5. The fraction of sp³-hybridized carbons (Fsp3) is 0.357. The Bertz CT molecular complexity index is 1520. The molecule has 2 aromatic carbocycles. The van der Waals surface area contributed by atoms with Gasteiger partial charge in [-0.1, -0.05) is 42.1 Å². The van der Waals surface area contributed by atoms with Gasteiger partial charge in [0, 0.05) is 40.2 Å². The monoisotopic (exact) mass is 500 g/mol. The molecular formula is C28H25ClN4O3. The SMILES string of the molecule is N#Cc1cc(-c2nc(-c3ccc4c(c3)c(Cl)c3n4CCC3CC(=O)O)no2)ccc1C1CCCCC1. The van der Waals surface area contributed by atoms with Gasteiger partial charge in [-0.3, -0.25) is 4.79 Å². The van der Waals surface area contributed by atoms with Gasteiger partial charge in [0.15, 0.2) is 0 Å². The number of carbonyl (C=O) groups is 1. The molecule has 7 nitrogen and oxygen atoms in total. The van der Waals surface area contributed by atoms with E-state index in [2.05, 4.69) is 20.8 Å². The second kappa shape index (κ2) is 9.11. The maximum Gasteiger partial charge on any atom is 0.304 e. The maximum atomic E-state index is 11.3. The van der Waals surface area contributed by atoms with Crippen molar-refractivity contribution in [2.75, 3.05) is 0 Å². The van der Waals surface area contributed by atoms with Gasteiger partial charge in [-0.2, -0.15) is 10.2 Å². The van der Waals surface area contributed by atoms with Gasteiger partial charge in [-0.25, -0.2) is 0 Å². The van der Waals surface area contributed by atoms with Crippen molar-refractivity contribution in [3.05, 3.63) is 58.2 Å². The predicted molar refractivity (Wildman–Crippen MR) is 136 cm³/mol. The Morgan fingerprint density at radius 2 is 1.94 bits per heavy atom. The number of nitrogens with zero attached hydrogens (tertiary/aromatic N) is 4. The molecule has 1 atom stereocenters. The van der Waals surface area contributed by atoms with Crippen LogP contribution in [0.5, 0.6) is 0 Å². The first-order valence-electron chi connectivity index (χ1n) is 12.5. The summed E-state index contributed by atoms with van der Waals surface area (Å²) in [6.07, 6.45) is 6.80. The summed E-state index contributed by atoms with van der Waals surface area (Å²) in [6.45, 7) is 0.750. The summed E-state index contributed by atoms with van der Waals surface area (Å²) in [5.74, 6) is 0.334. The van der Waals surface area contributed by atoms with E-state index in [1.54, 1.807) is 0 Å². The molecule has 0 spiro atoms. The minimum absolute atomic E-state index is 0.0708. The van der Waals surface area contributed by atoms with Crippen LogP contribution in [0.15, 0.2) is 40.9 Å². The van der Waals surface area contributed by atoms with E-state index >= 15 is 0 Å². The summed E-state index contributed by atoms with van der Waals surface area (Å²) in [6, 6.07) is 14.0. The van der Waals surface area contributed by atoms with E-state index in [0.717, 1.165) is 59.1 Å². The first-order valence-corrected chi connectivity index (χ1v) is 12.8. The van der Waals surface area contributed by atoms with Crippen molar-refractivity contribution in [3.63, 3.8) is 0 Å². The number of halogens is 1. The molecule has 4 aromatic rings. The molecule has 36 heavy (non-hydrogen) atoms. The van der Waals surface area contributed by atoms with Crippen molar-refractivity contribution in [2.24, 2.45) is 0 Å². The van der Waals surface area contributed by atoms with E-state index in [9.17, 15) is 15.2 Å². The molecule has 2 aliphatic rings. The first kappa shape index (κ1) is 22.8. The third kappa shape index (κ3) is 3.86. The molecule has 1 saturated carbocycles. The Balaban J connectivity index is 1.32. The summed E-state index contributed by atoms with van der Waals surface area (Å²) in [5.41, 5.74) is 5.14. The van der Waals surface area contributed by atoms with E-state index < -0.39 is 5.97 Å². The average Bonchev–Trinajstić information content (AvgIpc) is 3.61. The Morgan fingerprint density at radius 3 is 2.72 bits per heavy atom. The summed E-state index contributed by atoms with van der Waals surface area (Å²) in [7, 11) is 0. The lowest BCUT2D eigenvalue weighted by molar-refractivity contribution is -0.137. The van der Waals surface area contributed by atoms with Crippen LogP contribution < -0.4 is 0 Å². The minimum atomic E-state index is -0.818. The van der Waals surface area contributed by atoms with Gasteiger partial charge < -0.3 is 14.2 Å². The third-order valence-corrected chi connectivity index (χ3v) is 8.10. The van der Waals surface area contributed by atoms with E-state index in [-0.39, 0.29) is 12.3 Å².